The molecule has 2 atom stereocenters. The van der Waals surface area contributed by atoms with E-state index in [2.05, 4.69) is 16.7 Å². The summed E-state index contributed by atoms with van der Waals surface area (Å²) in [6.45, 7) is 3.81. The summed E-state index contributed by atoms with van der Waals surface area (Å²) in [5.41, 5.74) is 10.6. The van der Waals surface area contributed by atoms with E-state index < -0.39 is 29.9 Å². The molecule has 0 radical (unpaired) electrons. The Bertz CT molecular complexity index is 1060. The number of aliphatic imine (C=N–C) groups is 1. The number of oxime groups is 1. The Labute approximate surface area is 213 Å². The van der Waals surface area contributed by atoms with E-state index in [-0.39, 0.29) is 49.4 Å². The number of nitrogens with zero attached hydrogens (tertiary/aromatic N) is 2. The summed E-state index contributed by atoms with van der Waals surface area (Å²) >= 11 is 0. The van der Waals surface area contributed by atoms with Crippen LogP contribution in [-0.2, 0) is 28.8 Å². The molecule has 1 unspecified atom stereocenters. The lowest BCUT2D eigenvalue weighted by Crippen LogP contribution is -2.41. The van der Waals surface area contributed by atoms with E-state index in [9.17, 15) is 24.3 Å². The van der Waals surface area contributed by atoms with Gasteiger partial charge in [0.05, 0.1) is 24.7 Å². The number of carbonyl (C=O) groups excluding carboxylic acids is 1. The van der Waals surface area contributed by atoms with Crippen molar-refractivity contribution >= 4 is 35.5 Å². The molecule has 0 aromatic rings. The smallest absolute Gasteiger partial charge is 0.351 e. The highest BCUT2D eigenvalue weighted by atomic mass is 16.7. The van der Waals surface area contributed by atoms with E-state index in [0.29, 0.717) is 43.3 Å². The minimum atomic E-state index is -2.06. The molecule has 1 aliphatic heterocycles. The van der Waals surface area contributed by atoms with Crippen LogP contribution in [0.2, 0.25) is 0 Å². The summed E-state index contributed by atoms with van der Waals surface area (Å²) in [5, 5.41) is 31.6. The third-order valence-electron chi connectivity index (χ3n) is 6.01. The summed E-state index contributed by atoms with van der Waals surface area (Å²) in [5.74, 6) is -4.58. The number of rotatable bonds is 14. The number of allylic oxidation sites excluding steroid dienone is 5. The highest BCUT2D eigenvalue weighted by Crippen LogP contribution is 2.33. The Morgan fingerprint density at radius 2 is 1.92 bits per heavy atom. The van der Waals surface area contributed by atoms with Gasteiger partial charge in [-0.1, -0.05) is 29.5 Å². The SMILES string of the molecule is C=C/C(C1=NOC(CC(=O)O)(C(=O)O)C1)=C(\CCCOC(=O)[C@@H]1CC=C(N=C(N)N)CC1)CCC(=O)O. The van der Waals surface area contributed by atoms with Crippen LogP contribution in [0.25, 0.3) is 0 Å². The van der Waals surface area contributed by atoms with Gasteiger partial charge < -0.3 is 36.4 Å². The monoisotopic (exact) mass is 520 g/mol. The first-order valence-corrected chi connectivity index (χ1v) is 11.7. The topological polar surface area (TPSA) is 224 Å². The standard InChI is InChI=1S/C24H32N4O9/c1-2-17(18-12-24(22(34)35,37-28-18)13-20(31)32)14(7-10-19(29)30)4-3-11-36-21(33)15-5-8-16(9-6-15)27-23(25)26/h2,8,15H,1,3-7,9-13H2,(H,29,30)(H,31,32)(H,34,35)(H4,25,26,27)/b17-14-/t15-,24?/m1/s1. The van der Waals surface area contributed by atoms with Crippen LogP contribution in [0.1, 0.15) is 57.8 Å². The van der Waals surface area contributed by atoms with Crippen LogP contribution in [0.5, 0.6) is 0 Å². The third-order valence-corrected chi connectivity index (χ3v) is 6.01. The van der Waals surface area contributed by atoms with Crippen molar-refractivity contribution in [3.05, 3.63) is 35.6 Å². The number of hydrogen-bond acceptors (Lipinski definition) is 8. The van der Waals surface area contributed by atoms with Crippen LogP contribution in [0.3, 0.4) is 0 Å². The van der Waals surface area contributed by atoms with E-state index in [1.165, 1.54) is 6.08 Å². The zero-order valence-corrected chi connectivity index (χ0v) is 20.4. The van der Waals surface area contributed by atoms with Gasteiger partial charge in [0.1, 0.15) is 0 Å². The molecule has 1 heterocycles. The molecule has 0 amide bonds. The predicted octanol–water partition coefficient (Wildman–Crippen LogP) is 1.69. The van der Waals surface area contributed by atoms with E-state index in [1.54, 1.807) is 6.08 Å². The first-order chi connectivity index (χ1) is 17.5. The highest BCUT2D eigenvalue weighted by molar-refractivity contribution is 6.07. The maximum absolute atomic E-state index is 12.4. The lowest BCUT2D eigenvalue weighted by Gasteiger charge is -2.20. The minimum absolute atomic E-state index is 0.0383. The average molecular weight is 521 g/mol. The fraction of sp³-hybridized carbons (Fsp3) is 0.500. The van der Waals surface area contributed by atoms with Gasteiger partial charge in [-0.05, 0) is 44.1 Å². The van der Waals surface area contributed by atoms with Gasteiger partial charge in [-0.3, -0.25) is 14.4 Å². The van der Waals surface area contributed by atoms with Crippen LogP contribution < -0.4 is 11.5 Å². The molecule has 7 N–H and O–H groups in total. The molecule has 0 aromatic carbocycles. The number of hydrogen-bond donors (Lipinski definition) is 5. The summed E-state index contributed by atoms with van der Waals surface area (Å²) < 4.78 is 5.40. The summed E-state index contributed by atoms with van der Waals surface area (Å²) in [6, 6.07) is 0. The lowest BCUT2D eigenvalue weighted by molar-refractivity contribution is -0.169. The van der Waals surface area contributed by atoms with Crippen molar-refractivity contribution in [2.75, 3.05) is 6.61 Å². The number of aliphatic carboxylic acids is 3. The van der Waals surface area contributed by atoms with Gasteiger partial charge in [-0.25, -0.2) is 9.79 Å². The van der Waals surface area contributed by atoms with E-state index in [0.717, 1.165) is 5.70 Å². The Kier molecular flexibility index (Phi) is 10.4. The Hall–Kier alpha value is -4.16. The van der Waals surface area contributed by atoms with Crippen molar-refractivity contribution in [3.63, 3.8) is 0 Å². The zero-order chi connectivity index (χ0) is 27.6. The van der Waals surface area contributed by atoms with Crippen molar-refractivity contribution in [2.24, 2.45) is 27.5 Å². The molecule has 0 spiro atoms. The summed E-state index contributed by atoms with van der Waals surface area (Å²) in [7, 11) is 0. The van der Waals surface area contributed by atoms with Crippen molar-refractivity contribution in [1.82, 2.24) is 0 Å². The van der Waals surface area contributed by atoms with Gasteiger partial charge in [-0.2, -0.15) is 0 Å². The largest absolute Gasteiger partial charge is 0.481 e. The molecule has 202 valence electrons. The number of guanidine groups is 1. The average Bonchev–Trinajstić information content (AvgIpc) is 3.24. The number of carboxylic acids is 3. The number of ether oxygens (including phenoxy) is 1. The quantitative estimate of drug-likeness (QED) is 0.0728. The highest BCUT2D eigenvalue weighted by Gasteiger charge is 2.49. The third kappa shape index (κ3) is 8.47. The first kappa shape index (κ1) is 29.1. The molecule has 1 aliphatic carbocycles. The summed E-state index contributed by atoms with van der Waals surface area (Å²) in [6.07, 6.45) is 4.23. The Balaban J connectivity index is 2.04. The fourth-order valence-corrected chi connectivity index (χ4v) is 4.15. The molecule has 0 saturated heterocycles. The molecular formula is C24H32N4O9. The second-order valence-electron chi connectivity index (χ2n) is 8.77. The van der Waals surface area contributed by atoms with Crippen molar-refractivity contribution in [1.29, 1.82) is 0 Å². The molecular weight excluding hydrogens is 488 g/mol. The van der Waals surface area contributed by atoms with Crippen molar-refractivity contribution in [3.8, 4) is 0 Å². The molecule has 0 aromatic heterocycles. The molecule has 2 aliphatic rings. The van der Waals surface area contributed by atoms with Crippen LogP contribution in [0.4, 0.5) is 0 Å². The van der Waals surface area contributed by atoms with Gasteiger partial charge >= 0.3 is 23.9 Å². The first-order valence-electron chi connectivity index (χ1n) is 11.7. The van der Waals surface area contributed by atoms with Crippen LogP contribution in [0.15, 0.2) is 45.7 Å². The second kappa shape index (κ2) is 13.2. The van der Waals surface area contributed by atoms with E-state index in [1.807, 2.05) is 0 Å². The van der Waals surface area contributed by atoms with Gasteiger partial charge in [0.25, 0.3) is 0 Å². The lowest BCUT2D eigenvalue weighted by atomic mass is 9.87. The zero-order valence-electron chi connectivity index (χ0n) is 20.4. The van der Waals surface area contributed by atoms with E-state index >= 15 is 0 Å². The normalized spacial score (nSPS) is 21.5. The number of esters is 1. The van der Waals surface area contributed by atoms with Crippen LogP contribution in [0, 0.1) is 5.92 Å². The maximum Gasteiger partial charge on any atom is 0.351 e. The molecule has 0 saturated carbocycles. The number of nitrogens with two attached hydrogens (primary N) is 2. The Morgan fingerprint density at radius 3 is 2.46 bits per heavy atom. The molecule has 0 fully saturated rings. The minimum Gasteiger partial charge on any atom is -0.481 e. The molecule has 0 bridgehead atoms. The van der Waals surface area contributed by atoms with Crippen molar-refractivity contribution in [2.45, 2.75) is 63.4 Å². The van der Waals surface area contributed by atoms with Gasteiger partial charge in [0, 0.05) is 18.5 Å². The second-order valence-corrected chi connectivity index (χ2v) is 8.77. The van der Waals surface area contributed by atoms with Gasteiger partial charge in [0.15, 0.2) is 5.96 Å². The fourth-order valence-electron chi connectivity index (χ4n) is 4.15. The van der Waals surface area contributed by atoms with Gasteiger partial charge in [0.2, 0.25) is 5.60 Å². The van der Waals surface area contributed by atoms with E-state index in [4.69, 9.17) is 31.3 Å². The van der Waals surface area contributed by atoms with Crippen LogP contribution in [-0.4, -0.2) is 63.1 Å². The predicted molar refractivity (Wildman–Crippen MR) is 131 cm³/mol. The maximum atomic E-state index is 12.4. The number of carbonyl (C=O) groups is 4. The molecule has 13 nitrogen and oxygen atoms in total. The number of carboxylic acid groups (broad SMARTS) is 3. The molecule has 2 rings (SSSR count). The Morgan fingerprint density at radius 1 is 1.19 bits per heavy atom. The van der Waals surface area contributed by atoms with Crippen LogP contribution >= 0.6 is 0 Å². The molecule has 13 heteroatoms. The van der Waals surface area contributed by atoms with Gasteiger partial charge in [-0.15, -0.1) is 0 Å². The molecule has 37 heavy (non-hydrogen) atoms. The van der Waals surface area contributed by atoms with Crippen molar-refractivity contribution < 1.29 is 44.1 Å². The summed E-state index contributed by atoms with van der Waals surface area (Å²) in [4.78, 5) is 55.5.